The van der Waals surface area contributed by atoms with Crippen LogP contribution in [0.5, 0.6) is 0 Å². The van der Waals surface area contributed by atoms with Gasteiger partial charge in [-0.15, -0.1) is 0 Å². The summed E-state index contributed by atoms with van der Waals surface area (Å²) in [5.41, 5.74) is 0. The van der Waals surface area contributed by atoms with E-state index in [4.69, 9.17) is 0 Å². The molecule has 0 aromatic carbocycles. The van der Waals surface area contributed by atoms with Crippen molar-refractivity contribution in [3.05, 3.63) is 0 Å². The van der Waals surface area contributed by atoms with Crippen LogP contribution in [0.15, 0.2) is 0 Å². The zero-order valence-electron chi connectivity index (χ0n) is 3.63. The van der Waals surface area contributed by atoms with Gasteiger partial charge in [0.25, 0.3) is 5.05 Å². The molecule has 1 rings (SSSR count). The molecule has 0 aromatic rings. The van der Waals surface area contributed by atoms with Crippen molar-refractivity contribution < 1.29 is 14.3 Å². The Hall–Kier alpha value is -0.970. The van der Waals surface area contributed by atoms with Gasteiger partial charge in [-0.2, -0.15) is 0 Å². The van der Waals surface area contributed by atoms with Gasteiger partial charge in [0.1, 0.15) is 0 Å². The van der Waals surface area contributed by atoms with Crippen LogP contribution in [0.2, 0.25) is 0 Å². The predicted molar refractivity (Wildman–Crippen MR) is 27.2 cm³/mol. The molecule has 1 saturated heterocycles. The first kappa shape index (κ1) is 5.17. The molecule has 1 N–H and O–H groups in total. The summed E-state index contributed by atoms with van der Waals surface area (Å²) < 4.78 is 4.11. The van der Waals surface area contributed by atoms with E-state index in [2.05, 4.69) is 17.0 Å². The quantitative estimate of drug-likeness (QED) is 0.453. The molecule has 1 fully saturated rings. The maximum absolute atomic E-state index is 10.2. The van der Waals surface area contributed by atoms with Crippen LogP contribution in [0.25, 0.3) is 0 Å². The van der Waals surface area contributed by atoms with Crippen molar-refractivity contribution in [2.45, 2.75) is 0 Å². The van der Waals surface area contributed by atoms with Crippen molar-refractivity contribution in [2.24, 2.45) is 0 Å². The van der Waals surface area contributed by atoms with E-state index in [1.54, 1.807) is 0 Å². The van der Waals surface area contributed by atoms with E-state index in [9.17, 15) is 9.59 Å². The van der Waals surface area contributed by atoms with E-state index >= 15 is 0 Å². The normalized spacial score (nSPS) is 18.2. The van der Waals surface area contributed by atoms with Crippen molar-refractivity contribution in [1.82, 2.24) is 5.32 Å². The molecule has 5 heteroatoms. The number of imide groups is 1. The number of alkyl carbamates (subject to hydrolysis) is 1. The minimum Gasteiger partial charge on any atom is -0.392 e. The molecule has 0 atom stereocenters. The molecule has 1 aliphatic rings. The Kier molecular flexibility index (Phi) is 0.980. The van der Waals surface area contributed by atoms with E-state index in [1.165, 1.54) is 0 Å². The van der Waals surface area contributed by atoms with Crippen molar-refractivity contribution in [3.63, 3.8) is 0 Å². The third kappa shape index (κ3) is 0.671. The molecule has 42 valence electrons. The number of hydrogen-bond acceptors (Lipinski definition) is 4. The number of ether oxygens (including phenoxy) is 1. The van der Waals surface area contributed by atoms with E-state index in [0.29, 0.717) is 0 Å². The van der Waals surface area contributed by atoms with Crippen molar-refractivity contribution in [1.29, 1.82) is 0 Å². The van der Waals surface area contributed by atoms with E-state index < -0.39 is 12.0 Å². The zero-order chi connectivity index (χ0) is 6.15. The van der Waals surface area contributed by atoms with Gasteiger partial charge in [0.05, 0.1) is 0 Å². The Morgan fingerprint density at radius 2 is 2.12 bits per heavy atom. The van der Waals surface area contributed by atoms with Gasteiger partial charge in [-0.3, -0.25) is 10.1 Å². The highest BCUT2D eigenvalue weighted by Crippen LogP contribution is 1.92. The fourth-order valence-corrected chi connectivity index (χ4v) is 0.427. The largest absolute Gasteiger partial charge is 0.420 e. The minimum absolute atomic E-state index is 0.310. The van der Waals surface area contributed by atoms with Crippen LogP contribution in [0.4, 0.5) is 4.79 Å². The lowest BCUT2D eigenvalue weighted by molar-refractivity contribution is -0.113. The maximum Gasteiger partial charge on any atom is 0.420 e. The SMILES string of the molecule is O=C1NC(=O)C(=S)O1. The lowest BCUT2D eigenvalue weighted by atomic mass is 10.7. The molecule has 0 radical (unpaired) electrons. The maximum atomic E-state index is 10.2. The highest BCUT2D eigenvalue weighted by atomic mass is 32.1. The topological polar surface area (TPSA) is 55.4 Å². The first-order valence-corrected chi connectivity index (χ1v) is 2.18. The Bertz CT molecular complexity index is 157. The molecule has 0 aromatic heterocycles. The van der Waals surface area contributed by atoms with Gasteiger partial charge in [-0.1, -0.05) is 0 Å². The Morgan fingerprint density at radius 3 is 2.25 bits per heavy atom. The molecule has 1 heterocycles. The summed E-state index contributed by atoms with van der Waals surface area (Å²) in [7, 11) is 0. The Labute approximate surface area is 49.8 Å². The van der Waals surface area contributed by atoms with E-state index in [1.807, 2.05) is 5.32 Å². The Balaban J connectivity index is 2.79. The van der Waals surface area contributed by atoms with Crippen molar-refractivity contribution in [2.75, 3.05) is 0 Å². The lowest BCUT2D eigenvalue weighted by Gasteiger charge is -1.78. The summed E-state index contributed by atoms with van der Waals surface area (Å²) in [6, 6.07) is 0. The molecule has 0 spiro atoms. The van der Waals surface area contributed by atoms with Crippen molar-refractivity contribution in [3.8, 4) is 0 Å². The smallest absolute Gasteiger partial charge is 0.392 e. The first-order chi connectivity index (χ1) is 3.70. The molecule has 8 heavy (non-hydrogen) atoms. The average Bonchev–Trinajstić information content (AvgIpc) is 1.85. The number of thiocarbonyl (C=S) groups is 1. The number of cyclic esters (lactones) is 1. The lowest BCUT2D eigenvalue weighted by Crippen LogP contribution is -2.20. The Morgan fingerprint density at radius 1 is 1.50 bits per heavy atom. The highest BCUT2D eigenvalue weighted by molar-refractivity contribution is 7.81. The molecule has 4 nitrogen and oxygen atoms in total. The van der Waals surface area contributed by atoms with Crippen LogP contribution >= 0.6 is 12.2 Å². The van der Waals surface area contributed by atoms with Gasteiger partial charge in [-0.05, 0) is 12.2 Å². The standard InChI is InChI=1S/C3HNO3S/c5-1-2(8)7-3(6)4-1/h(H,4,5,6). The summed E-state index contributed by atoms with van der Waals surface area (Å²) >= 11 is 4.26. The minimum atomic E-state index is -0.792. The predicted octanol–water partition coefficient (Wildman–Crippen LogP) is -0.420. The first-order valence-electron chi connectivity index (χ1n) is 1.77. The van der Waals surface area contributed by atoms with Gasteiger partial charge < -0.3 is 4.74 Å². The molecule has 0 saturated carbocycles. The molecule has 0 aliphatic carbocycles. The van der Waals surface area contributed by atoms with Gasteiger partial charge in [0.15, 0.2) is 0 Å². The molecule has 0 unspecified atom stereocenters. The second kappa shape index (κ2) is 1.52. The number of rotatable bonds is 0. The molecular weight excluding hydrogens is 130 g/mol. The van der Waals surface area contributed by atoms with Gasteiger partial charge in [-0.25, -0.2) is 4.79 Å². The number of carbonyl (C=O) groups is 2. The van der Waals surface area contributed by atoms with Crippen LogP contribution in [0.3, 0.4) is 0 Å². The zero-order valence-corrected chi connectivity index (χ0v) is 4.45. The molecule has 2 amide bonds. The van der Waals surface area contributed by atoms with Gasteiger partial charge >= 0.3 is 12.0 Å². The second-order valence-corrected chi connectivity index (χ2v) is 1.50. The van der Waals surface area contributed by atoms with Gasteiger partial charge in [0, 0.05) is 0 Å². The summed E-state index contributed by atoms with van der Waals surface area (Å²) in [4.78, 5) is 20.2. The van der Waals surface area contributed by atoms with Crippen LogP contribution in [-0.4, -0.2) is 17.1 Å². The highest BCUT2D eigenvalue weighted by Gasteiger charge is 2.25. The van der Waals surface area contributed by atoms with Crippen LogP contribution in [-0.2, 0) is 9.53 Å². The van der Waals surface area contributed by atoms with Gasteiger partial charge in [0.2, 0.25) is 0 Å². The summed E-state index contributed by atoms with van der Waals surface area (Å²) in [5, 5.41) is 1.52. The monoisotopic (exact) mass is 131 g/mol. The summed E-state index contributed by atoms with van der Waals surface area (Å²) in [6.07, 6.45) is -0.792. The second-order valence-electron chi connectivity index (χ2n) is 1.13. The number of nitrogens with one attached hydrogen (secondary N) is 1. The number of carbonyl (C=O) groups excluding carboxylic acids is 2. The average molecular weight is 131 g/mol. The third-order valence-electron chi connectivity index (χ3n) is 0.586. The molecular formula is C3HNO3S. The molecule has 1 aliphatic heterocycles. The number of hydrogen-bond donors (Lipinski definition) is 1. The van der Waals surface area contributed by atoms with E-state index in [0.717, 1.165) is 0 Å². The number of amides is 2. The van der Waals surface area contributed by atoms with E-state index in [-0.39, 0.29) is 5.05 Å². The van der Waals surface area contributed by atoms with Crippen LogP contribution in [0, 0.1) is 0 Å². The summed E-state index contributed by atoms with van der Waals surface area (Å²) in [6.45, 7) is 0. The fourth-order valence-electron chi connectivity index (χ4n) is 0.300. The van der Waals surface area contributed by atoms with Crippen molar-refractivity contribution >= 4 is 29.3 Å². The fraction of sp³-hybridized carbons (Fsp3) is 0. The van der Waals surface area contributed by atoms with Crippen LogP contribution in [0.1, 0.15) is 0 Å². The molecule has 0 bridgehead atoms. The third-order valence-corrected chi connectivity index (χ3v) is 0.855. The van der Waals surface area contributed by atoms with Crippen LogP contribution < -0.4 is 5.32 Å². The summed E-state index contributed by atoms with van der Waals surface area (Å²) in [5.74, 6) is -0.634.